The van der Waals surface area contributed by atoms with Crippen molar-refractivity contribution in [3.8, 4) is 0 Å². The first-order valence-electron chi connectivity index (χ1n) is 8.20. The summed E-state index contributed by atoms with van der Waals surface area (Å²) >= 11 is 3.58. The van der Waals surface area contributed by atoms with Crippen LogP contribution in [0.15, 0.2) is 29.3 Å². The van der Waals surface area contributed by atoms with Gasteiger partial charge in [0.15, 0.2) is 0 Å². The summed E-state index contributed by atoms with van der Waals surface area (Å²) in [6, 6.07) is 8.92. The number of para-hydroxylation sites is 1. The van der Waals surface area contributed by atoms with E-state index in [1.54, 1.807) is 23.1 Å². The highest BCUT2D eigenvalue weighted by molar-refractivity contribution is 8.04. The molecule has 0 saturated carbocycles. The summed E-state index contributed by atoms with van der Waals surface area (Å²) in [5.41, 5.74) is 8.73. The van der Waals surface area contributed by atoms with Gasteiger partial charge in [-0.3, -0.25) is 0 Å². The lowest BCUT2D eigenvalue weighted by Crippen LogP contribution is -2.29. The van der Waals surface area contributed by atoms with E-state index in [0.717, 1.165) is 28.5 Å². The Hall–Kier alpha value is -1.04. The van der Waals surface area contributed by atoms with E-state index >= 15 is 0 Å². The molecular weight excluding hydrogens is 322 g/mol. The van der Waals surface area contributed by atoms with Crippen molar-refractivity contribution in [3.63, 3.8) is 0 Å². The van der Waals surface area contributed by atoms with Crippen molar-refractivity contribution in [1.29, 1.82) is 0 Å². The third-order valence-electron chi connectivity index (χ3n) is 4.71. The molecule has 0 fully saturated rings. The first kappa shape index (κ1) is 16.8. The molecule has 1 aromatic heterocycles. The van der Waals surface area contributed by atoms with Crippen LogP contribution in [0.3, 0.4) is 0 Å². The summed E-state index contributed by atoms with van der Waals surface area (Å²) in [6.07, 6.45) is 1.13. The van der Waals surface area contributed by atoms with Gasteiger partial charge in [-0.15, -0.1) is 23.1 Å². The second kappa shape index (κ2) is 6.83. The molecule has 0 bridgehead atoms. The Labute approximate surface area is 147 Å². The van der Waals surface area contributed by atoms with Gasteiger partial charge in [0.05, 0.1) is 15.2 Å². The molecular formula is C18H25N3S2. The smallest absolute Gasteiger partial charge is 0.123 e. The molecule has 3 rings (SSSR count). The van der Waals surface area contributed by atoms with E-state index in [1.165, 1.54) is 10.3 Å². The van der Waals surface area contributed by atoms with E-state index in [2.05, 4.69) is 50.9 Å². The van der Waals surface area contributed by atoms with Crippen LogP contribution in [0.4, 0.5) is 0 Å². The molecule has 124 valence electrons. The summed E-state index contributed by atoms with van der Waals surface area (Å²) in [5.74, 6) is 0.488. The van der Waals surface area contributed by atoms with Crippen LogP contribution in [-0.2, 0) is 0 Å². The molecule has 2 aromatic rings. The number of benzene rings is 1. The molecule has 0 spiro atoms. The number of aromatic nitrogens is 1. The van der Waals surface area contributed by atoms with Gasteiger partial charge in [0, 0.05) is 22.8 Å². The molecule has 2 heterocycles. The number of thioether (sulfide) groups is 1. The average molecular weight is 348 g/mol. The van der Waals surface area contributed by atoms with Gasteiger partial charge >= 0.3 is 0 Å². The number of hydrogen-bond acceptors (Lipinski definition) is 5. The number of allylic oxidation sites excluding steroid dienone is 1. The molecule has 1 aliphatic rings. The van der Waals surface area contributed by atoms with Crippen molar-refractivity contribution in [3.05, 3.63) is 34.3 Å². The molecule has 0 radical (unpaired) electrons. The minimum Gasteiger partial charge on any atom is -0.393 e. The molecule has 0 aliphatic carbocycles. The van der Waals surface area contributed by atoms with Crippen LogP contribution in [0.1, 0.15) is 32.2 Å². The maximum atomic E-state index is 6.38. The maximum absolute atomic E-state index is 6.38. The van der Waals surface area contributed by atoms with Crippen LogP contribution in [0.5, 0.6) is 0 Å². The largest absolute Gasteiger partial charge is 0.393 e. The maximum Gasteiger partial charge on any atom is 0.123 e. The number of nitrogens with zero attached hydrogens (tertiary/aromatic N) is 2. The van der Waals surface area contributed by atoms with E-state index in [1.807, 2.05) is 6.07 Å². The van der Waals surface area contributed by atoms with Crippen LogP contribution in [0.2, 0.25) is 0 Å². The zero-order valence-electron chi connectivity index (χ0n) is 14.2. The standard InChI is InChI=1S/C18H25N3S2/c1-11(2)21(4)10-9-13-12(3)22-17(19)16(13)18-20-14-7-5-6-8-15(14)23-18/h5-8,11-13H,9-10,19H2,1-4H3. The van der Waals surface area contributed by atoms with Gasteiger partial charge in [0.25, 0.3) is 0 Å². The lowest BCUT2D eigenvalue weighted by Gasteiger charge is -2.25. The van der Waals surface area contributed by atoms with Gasteiger partial charge in [-0.25, -0.2) is 4.98 Å². The molecule has 2 atom stereocenters. The molecule has 0 saturated heterocycles. The fourth-order valence-corrected chi connectivity index (χ4v) is 5.36. The fraction of sp³-hybridized carbons (Fsp3) is 0.500. The van der Waals surface area contributed by atoms with Gasteiger partial charge in [-0.2, -0.15) is 0 Å². The predicted octanol–water partition coefficient (Wildman–Crippen LogP) is 4.41. The van der Waals surface area contributed by atoms with E-state index in [-0.39, 0.29) is 0 Å². The van der Waals surface area contributed by atoms with Crippen molar-refractivity contribution >= 4 is 38.9 Å². The monoisotopic (exact) mass is 347 g/mol. The van der Waals surface area contributed by atoms with Gasteiger partial charge in [0.2, 0.25) is 0 Å². The molecule has 3 nitrogen and oxygen atoms in total. The predicted molar refractivity (Wildman–Crippen MR) is 104 cm³/mol. The summed E-state index contributed by atoms with van der Waals surface area (Å²) < 4.78 is 1.24. The van der Waals surface area contributed by atoms with Gasteiger partial charge in [-0.1, -0.05) is 19.1 Å². The molecule has 5 heteroatoms. The molecule has 1 aliphatic heterocycles. The first-order chi connectivity index (χ1) is 11.0. The van der Waals surface area contributed by atoms with Crippen molar-refractivity contribution in [2.24, 2.45) is 11.7 Å². The average Bonchev–Trinajstić information content (AvgIpc) is 3.04. The van der Waals surface area contributed by atoms with Crippen LogP contribution >= 0.6 is 23.1 Å². The van der Waals surface area contributed by atoms with Crippen LogP contribution < -0.4 is 5.73 Å². The van der Waals surface area contributed by atoms with Crippen molar-refractivity contribution in [1.82, 2.24) is 9.88 Å². The molecule has 0 amide bonds. The topological polar surface area (TPSA) is 42.1 Å². The second-order valence-corrected chi connectivity index (χ2v) is 9.01. The van der Waals surface area contributed by atoms with Crippen LogP contribution in [-0.4, -0.2) is 34.8 Å². The summed E-state index contributed by atoms with van der Waals surface area (Å²) in [4.78, 5) is 7.25. The van der Waals surface area contributed by atoms with E-state index < -0.39 is 0 Å². The molecule has 23 heavy (non-hydrogen) atoms. The highest BCUT2D eigenvalue weighted by atomic mass is 32.2. The Morgan fingerprint density at radius 1 is 1.30 bits per heavy atom. The molecule has 2 unspecified atom stereocenters. The Balaban J connectivity index is 1.86. The van der Waals surface area contributed by atoms with Crippen LogP contribution in [0.25, 0.3) is 15.8 Å². The van der Waals surface area contributed by atoms with Gasteiger partial charge in [-0.05, 0) is 46.0 Å². The lowest BCUT2D eigenvalue weighted by molar-refractivity contribution is 0.260. The van der Waals surface area contributed by atoms with Gasteiger partial charge in [0.1, 0.15) is 5.01 Å². The van der Waals surface area contributed by atoms with Crippen molar-refractivity contribution < 1.29 is 0 Å². The third-order valence-corrected chi connectivity index (χ3v) is 6.96. The highest BCUT2D eigenvalue weighted by Crippen LogP contribution is 2.47. The van der Waals surface area contributed by atoms with E-state index in [4.69, 9.17) is 10.7 Å². The van der Waals surface area contributed by atoms with Gasteiger partial charge < -0.3 is 10.6 Å². The third kappa shape index (κ3) is 3.42. The number of nitrogens with two attached hydrogens (primary N) is 1. The van der Waals surface area contributed by atoms with E-state index in [9.17, 15) is 0 Å². The summed E-state index contributed by atoms with van der Waals surface area (Å²) in [6.45, 7) is 7.86. The SMILES string of the molecule is CC1SC(N)=C(c2nc3ccccc3s2)C1CCN(C)C(C)C. The Bertz CT molecular complexity index is 687. The molecule has 2 N–H and O–H groups in total. The first-order valence-corrected chi connectivity index (χ1v) is 9.89. The Morgan fingerprint density at radius 2 is 2.04 bits per heavy atom. The number of fused-ring (bicyclic) bond motifs is 1. The summed E-state index contributed by atoms with van der Waals surface area (Å²) in [5, 5.41) is 2.60. The minimum absolute atomic E-state index is 0.488. The van der Waals surface area contributed by atoms with E-state index in [0.29, 0.717) is 17.2 Å². The minimum atomic E-state index is 0.488. The normalized spacial score (nSPS) is 22.0. The number of hydrogen-bond donors (Lipinski definition) is 1. The lowest BCUT2D eigenvalue weighted by atomic mass is 9.93. The summed E-state index contributed by atoms with van der Waals surface area (Å²) in [7, 11) is 2.20. The Morgan fingerprint density at radius 3 is 2.74 bits per heavy atom. The Kier molecular flexibility index (Phi) is 4.99. The molecule has 1 aromatic carbocycles. The second-order valence-electron chi connectivity index (χ2n) is 6.56. The zero-order chi connectivity index (χ0) is 16.6. The van der Waals surface area contributed by atoms with Crippen LogP contribution in [0, 0.1) is 5.92 Å². The number of thiazole rings is 1. The number of rotatable bonds is 5. The van der Waals surface area contributed by atoms with Crippen molar-refractivity contribution in [2.75, 3.05) is 13.6 Å². The van der Waals surface area contributed by atoms with Crippen molar-refractivity contribution in [2.45, 2.75) is 38.5 Å². The highest BCUT2D eigenvalue weighted by Gasteiger charge is 2.34. The fourth-order valence-electron chi connectivity index (χ4n) is 2.99. The zero-order valence-corrected chi connectivity index (χ0v) is 15.9. The quantitative estimate of drug-likeness (QED) is 0.870.